The molecule has 2 aliphatic heterocycles. The number of piperidine rings is 1. The molecule has 0 spiro atoms. The zero-order chi connectivity index (χ0) is 17.5. The summed E-state index contributed by atoms with van der Waals surface area (Å²) < 4.78 is 44.0. The number of aromatic nitrogens is 2. The molecule has 134 valence electrons. The predicted octanol–water partition coefficient (Wildman–Crippen LogP) is 1.30. The molecule has 1 amide bonds. The van der Waals surface area contributed by atoms with Crippen LogP contribution in [-0.2, 0) is 11.3 Å². The first-order valence-electron chi connectivity index (χ1n) is 7.96. The van der Waals surface area contributed by atoms with Gasteiger partial charge in [0.05, 0.1) is 30.0 Å². The van der Waals surface area contributed by atoms with E-state index in [1.807, 2.05) is 7.05 Å². The third-order valence-electron chi connectivity index (χ3n) is 4.67. The van der Waals surface area contributed by atoms with Crippen molar-refractivity contribution in [2.24, 2.45) is 0 Å². The van der Waals surface area contributed by atoms with E-state index in [1.165, 1.54) is 6.20 Å². The van der Waals surface area contributed by atoms with Crippen LogP contribution < -0.4 is 0 Å². The smallest absolute Gasteiger partial charge is 0.375 e. The summed E-state index contributed by atoms with van der Waals surface area (Å²) in [7, 11) is 2.00. The van der Waals surface area contributed by atoms with Crippen molar-refractivity contribution in [3.05, 3.63) is 17.5 Å². The molecule has 3 heterocycles. The van der Waals surface area contributed by atoms with E-state index in [0.29, 0.717) is 25.4 Å². The van der Waals surface area contributed by atoms with Crippen LogP contribution in [0, 0.1) is 6.92 Å². The van der Waals surface area contributed by atoms with Crippen LogP contribution in [0.5, 0.6) is 0 Å². The van der Waals surface area contributed by atoms with Gasteiger partial charge in [-0.05, 0) is 20.4 Å². The fraction of sp³-hybridized carbons (Fsp3) is 0.733. The summed E-state index contributed by atoms with van der Waals surface area (Å²) in [5, 5.41) is 3.82. The number of hydrogen-bond donors (Lipinski definition) is 0. The fourth-order valence-electron chi connectivity index (χ4n) is 3.39. The van der Waals surface area contributed by atoms with Gasteiger partial charge >= 0.3 is 6.18 Å². The van der Waals surface area contributed by atoms with Gasteiger partial charge in [-0.3, -0.25) is 14.4 Å². The number of ether oxygens (including phenoxy) is 1. The summed E-state index contributed by atoms with van der Waals surface area (Å²) in [4.78, 5) is 16.6. The van der Waals surface area contributed by atoms with Gasteiger partial charge in [0.25, 0.3) is 5.91 Å². The molecule has 2 fully saturated rings. The van der Waals surface area contributed by atoms with E-state index in [2.05, 4.69) is 10.00 Å². The quantitative estimate of drug-likeness (QED) is 0.810. The molecule has 0 N–H and O–H groups in total. The molecule has 2 atom stereocenters. The molecule has 3 rings (SSSR count). The van der Waals surface area contributed by atoms with E-state index < -0.39 is 12.7 Å². The zero-order valence-electron chi connectivity index (χ0n) is 13.7. The van der Waals surface area contributed by atoms with Gasteiger partial charge in [-0.1, -0.05) is 0 Å². The van der Waals surface area contributed by atoms with Crippen LogP contribution in [0.4, 0.5) is 13.2 Å². The second kappa shape index (κ2) is 6.36. The Morgan fingerprint density at radius 2 is 2.17 bits per heavy atom. The largest absolute Gasteiger partial charge is 0.408 e. The maximum atomic E-state index is 12.7. The highest BCUT2D eigenvalue weighted by Crippen LogP contribution is 2.24. The van der Waals surface area contributed by atoms with Crippen LogP contribution >= 0.6 is 0 Å². The van der Waals surface area contributed by atoms with Crippen molar-refractivity contribution in [3.63, 3.8) is 0 Å². The lowest BCUT2D eigenvalue weighted by molar-refractivity contribution is -0.142. The van der Waals surface area contributed by atoms with Crippen molar-refractivity contribution in [1.82, 2.24) is 19.6 Å². The Hall–Kier alpha value is -1.61. The van der Waals surface area contributed by atoms with Gasteiger partial charge in [0.2, 0.25) is 0 Å². The highest BCUT2D eigenvalue weighted by atomic mass is 19.4. The van der Waals surface area contributed by atoms with Crippen molar-refractivity contribution < 1.29 is 22.7 Å². The minimum Gasteiger partial charge on any atom is -0.375 e. The molecule has 0 bridgehead atoms. The summed E-state index contributed by atoms with van der Waals surface area (Å²) in [5.41, 5.74) is 0.553. The summed E-state index contributed by atoms with van der Waals surface area (Å²) in [6.45, 7) is 2.92. The number of carbonyl (C=O) groups is 1. The van der Waals surface area contributed by atoms with Crippen LogP contribution in [0.2, 0.25) is 0 Å². The van der Waals surface area contributed by atoms with Gasteiger partial charge in [0.15, 0.2) is 0 Å². The summed E-state index contributed by atoms with van der Waals surface area (Å²) in [6, 6.07) is 0.127. The first-order chi connectivity index (χ1) is 11.2. The second-order valence-corrected chi connectivity index (χ2v) is 6.44. The normalized spacial score (nSPS) is 25.6. The summed E-state index contributed by atoms with van der Waals surface area (Å²) in [5.74, 6) is -0.265. The number of fused-ring (bicyclic) bond motifs is 1. The molecule has 2 saturated heterocycles. The summed E-state index contributed by atoms with van der Waals surface area (Å²) >= 11 is 0. The zero-order valence-corrected chi connectivity index (χ0v) is 13.7. The molecule has 0 aliphatic carbocycles. The lowest BCUT2D eigenvalue weighted by atomic mass is 9.98. The number of morpholine rings is 1. The number of amides is 1. The molecule has 0 saturated carbocycles. The Morgan fingerprint density at radius 1 is 1.42 bits per heavy atom. The number of hydrogen-bond acceptors (Lipinski definition) is 4. The van der Waals surface area contributed by atoms with Gasteiger partial charge in [-0.25, -0.2) is 0 Å². The van der Waals surface area contributed by atoms with E-state index in [9.17, 15) is 18.0 Å². The van der Waals surface area contributed by atoms with Gasteiger partial charge < -0.3 is 9.64 Å². The molecule has 1 aromatic rings. The minimum absolute atomic E-state index is 0.113. The monoisotopic (exact) mass is 346 g/mol. The molecule has 9 heteroatoms. The predicted molar refractivity (Wildman–Crippen MR) is 79.7 cm³/mol. The van der Waals surface area contributed by atoms with E-state index in [4.69, 9.17) is 4.74 Å². The number of carbonyl (C=O) groups excluding carboxylic acids is 1. The van der Waals surface area contributed by atoms with E-state index in [-0.39, 0.29) is 23.6 Å². The van der Waals surface area contributed by atoms with Crippen LogP contribution in [0.1, 0.15) is 22.5 Å². The Bertz CT molecular complexity index is 616. The van der Waals surface area contributed by atoms with Crippen LogP contribution in [-0.4, -0.2) is 77.1 Å². The highest BCUT2D eigenvalue weighted by molar-refractivity contribution is 5.95. The average Bonchev–Trinajstić information content (AvgIpc) is 2.85. The number of rotatable bonds is 2. The van der Waals surface area contributed by atoms with E-state index in [0.717, 1.165) is 17.6 Å². The van der Waals surface area contributed by atoms with Crippen LogP contribution in [0.3, 0.4) is 0 Å². The molecule has 24 heavy (non-hydrogen) atoms. The maximum absolute atomic E-state index is 12.7. The molecule has 0 radical (unpaired) electrons. The summed E-state index contributed by atoms with van der Waals surface area (Å²) in [6.07, 6.45) is -2.32. The van der Waals surface area contributed by atoms with Crippen molar-refractivity contribution in [2.75, 3.05) is 33.3 Å². The number of alkyl halides is 3. The fourth-order valence-corrected chi connectivity index (χ4v) is 3.39. The third kappa shape index (κ3) is 3.56. The molecule has 6 nitrogen and oxygen atoms in total. The van der Waals surface area contributed by atoms with Gasteiger partial charge in [0, 0.05) is 25.8 Å². The number of aryl methyl sites for hydroxylation is 1. The number of likely N-dealkylation sites (tertiary alicyclic amines) is 1. The molecule has 0 aromatic carbocycles. The lowest BCUT2D eigenvalue weighted by Gasteiger charge is -2.45. The van der Waals surface area contributed by atoms with Crippen molar-refractivity contribution >= 4 is 5.91 Å². The lowest BCUT2D eigenvalue weighted by Crippen LogP contribution is -2.59. The molecule has 1 aromatic heterocycles. The van der Waals surface area contributed by atoms with Crippen LogP contribution in [0.25, 0.3) is 0 Å². The Kier molecular flexibility index (Phi) is 4.56. The SMILES string of the molecule is Cc1nn(CC(F)(F)F)cc1C(=O)N1CC[C@H]2OCCN(C)[C@@H]2C1. The minimum atomic E-state index is -4.36. The number of nitrogens with zero attached hydrogens (tertiary/aromatic N) is 4. The number of likely N-dealkylation sites (N-methyl/N-ethyl adjacent to an activating group) is 1. The topological polar surface area (TPSA) is 50.6 Å². The van der Waals surface area contributed by atoms with Gasteiger partial charge in [0.1, 0.15) is 6.54 Å². The van der Waals surface area contributed by atoms with Crippen molar-refractivity contribution in [1.29, 1.82) is 0 Å². The number of halogens is 3. The molecule has 2 aliphatic rings. The average molecular weight is 346 g/mol. The van der Waals surface area contributed by atoms with Gasteiger partial charge in [-0.2, -0.15) is 18.3 Å². The molecular formula is C15H21F3N4O2. The third-order valence-corrected chi connectivity index (χ3v) is 4.67. The Balaban J connectivity index is 1.72. The molecular weight excluding hydrogens is 325 g/mol. The standard InChI is InChI=1S/C15H21F3N4O2/c1-10-11(7-22(19-10)9-15(16,17)18)14(23)21-4-3-13-12(8-21)20(2)5-6-24-13/h7,12-13H,3-6,8-9H2,1-2H3/t12-,13-/m1/s1. The van der Waals surface area contributed by atoms with Crippen molar-refractivity contribution in [2.45, 2.75) is 38.2 Å². The highest BCUT2D eigenvalue weighted by Gasteiger charge is 2.38. The first kappa shape index (κ1) is 17.2. The Labute approximate surface area is 138 Å². The maximum Gasteiger partial charge on any atom is 0.408 e. The molecule has 0 unspecified atom stereocenters. The second-order valence-electron chi connectivity index (χ2n) is 6.44. The Morgan fingerprint density at radius 3 is 2.88 bits per heavy atom. The van der Waals surface area contributed by atoms with Crippen LogP contribution in [0.15, 0.2) is 6.20 Å². The van der Waals surface area contributed by atoms with E-state index >= 15 is 0 Å². The van der Waals surface area contributed by atoms with Gasteiger partial charge in [-0.15, -0.1) is 0 Å². The van der Waals surface area contributed by atoms with E-state index in [1.54, 1.807) is 11.8 Å². The first-order valence-corrected chi connectivity index (χ1v) is 7.96. The van der Waals surface area contributed by atoms with Crippen molar-refractivity contribution in [3.8, 4) is 0 Å².